The fourth-order valence-corrected chi connectivity index (χ4v) is 8.19. The van der Waals surface area contributed by atoms with Crippen LogP contribution in [0.4, 0.5) is 0 Å². The van der Waals surface area contributed by atoms with Gasteiger partial charge in [0.1, 0.15) is 5.60 Å². The lowest BCUT2D eigenvalue weighted by atomic mass is 9.44. The van der Waals surface area contributed by atoms with Gasteiger partial charge >= 0.3 is 0 Å². The van der Waals surface area contributed by atoms with Crippen molar-refractivity contribution >= 4 is 0 Å². The molecule has 3 unspecified atom stereocenters. The maximum Gasteiger partial charge on any atom is 0.125 e. The summed E-state index contributed by atoms with van der Waals surface area (Å²) in [5.74, 6) is 9.82. The second-order valence-electron chi connectivity index (χ2n) is 11.1. The molecule has 2 heteroatoms. The summed E-state index contributed by atoms with van der Waals surface area (Å²) in [5, 5.41) is 11.2. The van der Waals surface area contributed by atoms with Gasteiger partial charge in [-0.25, -0.2) is 0 Å². The van der Waals surface area contributed by atoms with Gasteiger partial charge in [-0.1, -0.05) is 33.1 Å². The monoisotopic (exact) mass is 386 g/mol. The molecule has 0 amide bonds. The maximum absolute atomic E-state index is 11.2. The molecule has 8 atom stereocenters. The maximum atomic E-state index is 11.2. The Bertz CT molecular complexity index is 632. The van der Waals surface area contributed by atoms with Crippen molar-refractivity contribution in [2.24, 2.45) is 34.5 Å². The predicted octanol–water partition coefficient (Wildman–Crippen LogP) is 5.97. The summed E-state index contributed by atoms with van der Waals surface area (Å²) >= 11 is 0. The number of rotatable bonds is 3. The number of aliphatic hydroxyl groups is 1. The summed E-state index contributed by atoms with van der Waals surface area (Å²) in [6, 6.07) is 0. The number of ether oxygens (including phenoxy) is 1. The molecule has 4 saturated carbocycles. The Morgan fingerprint density at radius 2 is 1.75 bits per heavy atom. The van der Waals surface area contributed by atoms with E-state index in [0.717, 1.165) is 49.9 Å². The Hall–Kier alpha value is -0.520. The zero-order valence-electron chi connectivity index (χ0n) is 18.7. The van der Waals surface area contributed by atoms with Gasteiger partial charge in [0.2, 0.25) is 0 Å². The lowest BCUT2D eigenvalue weighted by Gasteiger charge is -2.61. The van der Waals surface area contributed by atoms with E-state index in [2.05, 4.69) is 32.6 Å². The lowest BCUT2D eigenvalue weighted by Crippen LogP contribution is -2.56. The van der Waals surface area contributed by atoms with E-state index in [0.29, 0.717) is 22.9 Å². The molecule has 0 spiro atoms. The van der Waals surface area contributed by atoms with E-state index in [4.69, 9.17) is 4.74 Å². The third kappa shape index (κ3) is 3.26. The molecule has 4 aliphatic carbocycles. The van der Waals surface area contributed by atoms with Gasteiger partial charge in [-0.2, -0.15) is 0 Å². The Morgan fingerprint density at radius 1 is 0.964 bits per heavy atom. The molecular weight excluding hydrogens is 344 g/mol. The van der Waals surface area contributed by atoms with Gasteiger partial charge in [0.15, 0.2) is 0 Å². The third-order valence-electron chi connectivity index (χ3n) is 9.90. The van der Waals surface area contributed by atoms with Crippen LogP contribution in [0.15, 0.2) is 0 Å². The number of hydrogen-bond donors (Lipinski definition) is 1. The Morgan fingerprint density at radius 3 is 2.50 bits per heavy atom. The van der Waals surface area contributed by atoms with Crippen molar-refractivity contribution in [2.75, 3.05) is 7.11 Å². The van der Waals surface area contributed by atoms with Crippen LogP contribution in [0.1, 0.15) is 97.8 Å². The third-order valence-corrected chi connectivity index (χ3v) is 9.90. The standard InChI is InChI=1S/C26H42O2/c1-5-6-7-8-14-26(27)17-16-24(2)19(18-26)9-10-20-21-11-12-23(28-4)25(21,3)15-13-22(20)24/h19-23,27H,5-7,9-13,15-18H2,1-4H3/t19?,20-,21-,22+,23?,24-,25-,26?/m0/s1. The molecule has 4 aliphatic rings. The van der Waals surface area contributed by atoms with Crippen molar-refractivity contribution in [3.8, 4) is 11.8 Å². The minimum atomic E-state index is -0.720. The lowest BCUT2D eigenvalue weighted by molar-refractivity contribution is -0.146. The Labute approximate surface area is 173 Å². The first-order valence-corrected chi connectivity index (χ1v) is 12.1. The number of fused-ring (bicyclic) bond motifs is 5. The van der Waals surface area contributed by atoms with Crippen LogP contribution in [-0.4, -0.2) is 23.9 Å². The Kier molecular flexibility index (Phi) is 5.65. The van der Waals surface area contributed by atoms with Gasteiger partial charge in [0.05, 0.1) is 6.10 Å². The first-order valence-electron chi connectivity index (χ1n) is 12.1. The first-order chi connectivity index (χ1) is 13.4. The van der Waals surface area contributed by atoms with Gasteiger partial charge in [-0.05, 0) is 98.7 Å². The zero-order chi connectivity index (χ0) is 20.0. The van der Waals surface area contributed by atoms with E-state index in [1.165, 1.54) is 44.9 Å². The van der Waals surface area contributed by atoms with Gasteiger partial charge in [0.25, 0.3) is 0 Å². The van der Waals surface area contributed by atoms with E-state index in [1.54, 1.807) is 0 Å². The minimum Gasteiger partial charge on any atom is -0.381 e. The van der Waals surface area contributed by atoms with Crippen LogP contribution in [0.5, 0.6) is 0 Å². The van der Waals surface area contributed by atoms with Gasteiger partial charge in [0, 0.05) is 13.5 Å². The first kappa shape index (κ1) is 20.7. The molecule has 158 valence electrons. The Balaban J connectivity index is 1.49. The SMILES string of the molecule is CCCCC#CC1(O)CC[C@@]2(C)C(CC[C@@H]3[C@H]2CC[C@]2(C)C(OC)CC[C@@H]32)C1. The van der Waals surface area contributed by atoms with Crippen LogP contribution in [0.25, 0.3) is 0 Å². The highest BCUT2D eigenvalue weighted by Crippen LogP contribution is 2.67. The highest BCUT2D eigenvalue weighted by molar-refractivity contribution is 5.19. The molecule has 0 radical (unpaired) electrons. The van der Waals surface area contributed by atoms with Crippen LogP contribution < -0.4 is 0 Å². The quantitative estimate of drug-likeness (QED) is 0.478. The summed E-state index contributed by atoms with van der Waals surface area (Å²) in [5.41, 5.74) is 0.0917. The molecule has 2 nitrogen and oxygen atoms in total. The van der Waals surface area contributed by atoms with Gasteiger partial charge < -0.3 is 9.84 Å². The van der Waals surface area contributed by atoms with Crippen molar-refractivity contribution < 1.29 is 9.84 Å². The molecule has 0 aromatic heterocycles. The highest BCUT2D eigenvalue weighted by atomic mass is 16.5. The van der Waals surface area contributed by atoms with Gasteiger partial charge in [-0.3, -0.25) is 0 Å². The van der Waals surface area contributed by atoms with Gasteiger partial charge in [-0.15, -0.1) is 5.92 Å². The van der Waals surface area contributed by atoms with Crippen molar-refractivity contribution in [1.82, 2.24) is 0 Å². The van der Waals surface area contributed by atoms with Crippen LogP contribution in [0, 0.1) is 46.3 Å². The minimum absolute atomic E-state index is 0.402. The molecule has 4 fully saturated rings. The number of hydrogen-bond acceptors (Lipinski definition) is 2. The van der Waals surface area contributed by atoms with Crippen LogP contribution in [-0.2, 0) is 4.74 Å². The summed E-state index contributed by atoms with van der Waals surface area (Å²) in [6.45, 7) is 7.30. The normalized spacial score (nSPS) is 50.1. The van der Waals surface area contributed by atoms with Crippen molar-refractivity contribution in [1.29, 1.82) is 0 Å². The molecule has 4 rings (SSSR count). The highest BCUT2D eigenvalue weighted by Gasteiger charge is 2.61. The van der Waals surface area contributed by atoms with E-state index < -0.39 is 5.60 Å². The summed E-state index contributed by atoms with van der Waals surface area (Å²) in [6.07, 6.45) is 14.7. The summed E-state index contributed by atoms with van der Waals surface area (Å²) < 4.78 is 5.93. The molecule has 1 N–H and O–H groups in total. The van der Waals surface area contributed by atoms with Crippen LogP contribution >= 0.6 is 0 Å². The number of unbranched alkanes of at least 4 members (excludes halogenated alkanes) is 2. The fourth-order valence-electron chi connectivity index (χ4n) is 8.19. The van der Waals surface area contributed by atoms with Crippen molar-refractivity contribution in [3.05, 3.63) is 0 Å². The molecule has 0 bridgehead atoms. The fraction of sp³-hybridized carbons (Fsp3) is 0.923. The molecule has 0 aliphatic heterocycles. The summed E-state index contributed by atoms with van der Waals surface area (Å²) in [4.78, 5) is 0. The number of methoxy groups -OCH3 is 1. The van der Waals surface area contributed by atoms with Crippen LogP contribution in [0.2, 0.25) is 0 Å². The van der Waals surface area contributed by atoms with E-state index >= 15 is 0 Å². The molecule has 0 heterocycles. The van der Waals surface area contributed by atoms with E-state index in [9.17, 15) is 5.11 Å². The van der Waals surface area contributed by atoms with Crippen LogP contribution in [0.3, 0.4) is 0 Å². The predicted molar refractivity (Wildman–Crippen MR) is 115 cm³/mol. The van der Waals surface area contributed by atoms with E-state index in [1.807, 2.05) is 7.11 Å². The molecule has 0 saturated heterocycles. The molecular formula is C26H42O2. The summed E-state index contributed by atoms with van der Waals surface area (Å²) in [7, 11) is 1.92. The second kappa shape index (κ2) is 7.63. The average molecular weight is 387 g/mol. The average Bonchev–Trinajstić information content (AvgIpc) is 3.02. The molecule has 0 aromatic carbocycles. The zero-order valence-corrected chi connectivity index (χ0v) is 18.7. The molecule has 0 aromatic rings. The topological polar surface area (TPSA) is 29.5 Å². The molecule has 28 heavy (non-hydrogen) atoms. The van der Waals surface area contributed by atoms with E-state index in [-0.39, 0.29) is 0 Å². The van der Waals surface area contributed by atoms with Crippen molar-refractivity contribution in [2.45, 2.75) is 110 Å². The largest absolute Gasteiger partial charge is 0.381 e. The second-order valence-corrected chi connectivity index (χ2v) is 11.1. The smallest absolute Gasteiger partial charge is 0.125 e. The van der Waals surface area contributed by atoms with Crippen molar-refractivity contribution in [3.63, 3.8) is 0 Å².